The third-order valence-corrected chi connectivity index (χ3v) is 2.20. The van der Waals surface area contributed by atoms with Crippen LogP contribution in [-0.4, -0.2) is 17.5 Å². The van der Waals surface area contributed by atoms with E-state index < -0.39 is 0 Å². The summed E-state index contributed by atoms with van der Waals surface area (Å²) in [5, 5.41) is 3.08. The Hall–Kier alpha value is -1.58. The molecule has 0 radical (unpaired) electrons. The molecule has 0 atom stereocenters. The Labute approximate surface area is 97.0 Å². The Morgan fingerprint density at radius 1 is 1.50 bits per heavy atom. The van der Waals surface area contributed by atoms with E-state index in [-0.39, 0.29) is 0 Å². The molecule has 4 heteroatoms. The molecule has 0 unspecified atom stereocenters. The Balaban J connectivity index is 2.40. The van der Waals surface area contributed by atoms with Crippen molar-refractivity contribution in [3.63, 3.8) is 0 Å². The molecule has 0 bridgehead atoms. The van der Waals surface area contributed by atoms with Gasteiger partial charge in [0.2, 0.25) is 0 Å². The predicted octanol–water partition coefficient (Wildman–Crippen LogP) is 1.59. The van der Waals surface area contributed by atoms with Crippen LogP contribution in [0, 0.1) is 6.92 Å². The molecule has 0 saturated carbocycles. The molecule has 4 nitrogen and oxygen atoms in total. The van der Waals surface area contributed by atoms with Gasteiger partial charge in [-0.2, -0.15) is 0 Å². The summed E-state index contributed by atoms with van der Waals surface area (Å²) >= 11 is 0. The molecule has 0 aliphatic rings. The van der Waals surface area contributed by atoms with Crippen LogP contribution in [0.25, 0.3) is 0 Å². The highest BCUT2D eigenvalue weighted by molar-refractivity contribution is 5.77. The van der Waals surface area contributed by atoms with E-state index in [2.05, 4.69) is 28.3 Å². The Kier molecular flexibility index (Phi) is 5.32. The zero-order chi connectivity index (χ0) is 11.8. The minimum atomic E-state index is 0.509. The third-order valence-electron chi connectivity index (χ3n) is 2.20. The average molecular weight is 220 g/mol. The molecule has 16 heavy (non-hydrogen) atoms. The summed E-state index contributed by atoms with van der Waals surface area (Å²) in [6.07, 6.45) is 5.91. The van der Waals surface area contributed by atoms with Gasteiger partial charge < -0.3 is 11.1 Å². The second-order valence-corrected chi connectivity index (χ2v) is 3.85. The topological polar surface area (TPSA) is 63.3 Å². The maximum absolute atomic E-state index is 5.72. The van der Waals surface area contributed by atoms with E-state index >= 15 is 0 Å². The number of pyridine rings is 1. The van der Waals surface area contributed by atoms with Gasteiger partial charge in [-0.1, -0.05) is 19.4 Å². The molecule has 0 saturated heterocycles. The lowest BCUT2D eigenvalue weighted by Crippen LogP contribution is -2.32. The SMILES string of the molecule is CCCCNC(N)=NCc1cncc(C)c1. The van der Waals surface area contributed by atoms with E-state index in [1.807, 2.05) is 19.3 Å². The van der Waals surface area contributed by atoms with E-state index in [1.165, 1.54) is 0 Å². The summed E-state index contributed by atoms with van der Waals surface area (Å²) in [6, 6.07) is 2.07. The van der Waals surface area contributed by atoms with Crippen molar-refractivity contribution in [1.29, 1.82) is 0 Å². The molecule has 0 aliphatic heterocycles. The molecule has 1 heterocycles. The first-order valence-electron chi connectivity index (χ1n) is 5.66. The van der Waals surface area contributed by atoms with Gasteiger partial charge in [0.15, 0.2) is 5.96 Å². The summed E-state index contributed by atoms with van der Waals surface area (Å²) in [5.74, 6) is 0.509. The normalized spacial score (nSPS) is 11.5. The van der Waals surface area contributed by atoms with Crippen molar-refractivity contribution in [3.05, 3.63) is 29.6 Å². The van der Waals surface area contributed by atoms with Gasteiger partial charge in [0.1, 0.15) is 0 Å². The van der Waals surface area contributed by atoms with Gasteiger partial charge >= 0.3 is 0 Å². The van der Waals surface area contributed by atoms with Crippen LogP contribution in [0.5, 0.6) is 0 Å². The summed E-state index contributed by atoms with van der Waals surface area (Å²) in [7, 11) is 0. The van der Waals surface area contributed by atoms with Crippen LogP contribution in [-0.2, 0) is 6.54 Å². The van der Waals surface area contributed by atoms with E-state index in [0.717, 1.165) is 30.5 Å². The number of aryl methyl sites for hydroxylation is 1. The van der Waals surface area contributed by atoms with Crippen LogP contribution in [0.1, 0.15) is 30.9 Å². The van der Waals surface area contributed by atoms with Gasteiger partial charge in [0.05, 0.1) is 6.54 Å². The zero-order valence-electron chi connectivity index (χ0n) is 10.0. The third kappa shape index (κ3) is 4.77. The minimum Gasteiger partial charge on any atom is -0.370 e. The molecule has 0 aromatic carbocycles. The Bertz CT molecular complexity index is 347. The molecule has 0 fully saturated rings. The lowest BCUT2D eigenvalue weighted by atomic mass is 10.2. The van der Waals surface area contributed by atoms with E-state index in [4.69, 9.17) is 5.73 Å². The lowest BCUT2D eigenvalue weighted by molar-refractivity contribution is 0.748. The number of nitrogens with two attached hydrogens (primary N) is 1. The highest BCUT2D eigenvalue weighted by atomic mass is 15.1. The molecular formula is C12H20N4. The predicted molar refractivity (Wildman–Crippen MR) is 67.2 cm³/mol. The zero-order valence-corrected chi connectivity index (χ0v) is 10.0. The number of aromatic nitrogens is 1. The van der Waals surface area contributed by atoms with Crippen molar-refractivity contribution in [1.82, 2.24) is 10.3 Å². The van der Waals surface area contributed by atoms with Crippen LogP contribution >= 0.6 is 0 Å². The molecule has 1 aromatic heterocycles. The molecule has 1 aromatic rings. The number of guanidine groups is 1. The highest BCUT2D eigenvalue weighted by Crippen LogP contribution is 2.02. The number of rotatable bonds is 5. The van der Waals surface area contributed by atoms with Gasteiger partial charge in [-0.05, 0) is 24.5 Å². The molecule has 3 N–H and O–H groups in total. The standard InChI is InChI=1S/C12H20N4/c1-3-4-5-15-12(13)16-9-11-6-10(2)7-14-8-11/h6-8H,3-5,9H2,1-2H3,(H3,13,15,16). The van der Waals surface area contributed by atoms with Crippen LogP contribution in [0.4, 0.5) is 0 Å². The maximum Gasteiger partial charge on any atom is 0.188 e. The number of aliphatic imine (C=N–C) groups is 1. The van der Waals surface area contributed by atoms with Gasteiger partial charge in [0.25, 0.3) is 0 Å². The number of nitrogens with zero attached hydrogens (tertiary/aromatic N) is 2. The largest absolute Gasteiger partial charge is 0.370 e. The van der Waals surface area contributed by atoms with Crippen molar-refractivity contribution in [2.75, 3.05) is 6.54 Å². The van der Waals surface area contributed by atoms with Crippen LogP contribution in [0.3, 0.4) is 0 Å². The summed E-state index contributed by atoms with van der Waals surface area (Å²) in [4.78, 5) is 8.36. The van der Waals surface area contributed by atoms with E-state index in [0.29, 0.717) is 12.5 Å². The smallest absolute Gasteiger partial charge is 0.188 e. The molecular weight excluding hydrogens is 200 g/mol. The van der Waals surface area contributed by atoms with Gasteiger partial charge in [-0.3, -0.25) is 4.98 Å². The summed E-state index contributed by atoms with van der Waals surface area (Å²) in [5.41, 5.74) is 7.95. The first-order chi connectivity index (χ1) is 7.72. The van der Waals surface area contributed by atoms with Crippen molar-refractivity contribution in [2.24, 2.45) is 10.7 Å². The molecule has 0 aliphatic carbocycles. The van der Waals surface area contributed by atoms with Crippen LogP contribution in [0.15, 0.2) is 23.5 Å². The van der Waals surface area contributed by atoms with Crippen LogP contribution < -0.4 is 11.1 Å². The highest BCUT2D eigenvalue weighted by Gasteiger charge is 1.94. The van der Waals surface area contributed by atoms with Crippen molar-refractivity contribution < 1.29 is 0 Å². The fourth-order valence-electron chi connectivity index (χ4n) is 1.33. The Morgan fingerprint density at radius 2 is 2.31 bits per heavy atom. The van der Waals surface area contributed by atoms with Crippen molar-refractivity contribution in [3.8, 4) is 0 Å². The molecule has 0 amide bonds. The number of hydrogen-bond acceptors (Lipinski definition) is 2. The van der Waals surface area contributed by atoms with Crippen LogP contribution in [0.2, 0.25) is 0 Å². The van der Waals surface area contributed by atoms with Gasteiger partial charge in [0, 0.05) is 18.9 Å². The maximum atomic E-state index is 5.72. The molecule has 0 spiro atoms. The molecule has 88 valence electrons. The van der Waals surface area contributed by atoms with Crippen molar-refractivity contribution in [2.45, 2.75) is 33.2 Å². The van der Waals surface area contributed by atoms with Gasteiger partial charge in [-0.15, -0.1) is 0 Å². The number of nitrogens with one attached hydrogen (secondary N) is 1. The first kappa shape index (κ1) is 12.5. The Morgan fingerprint density at radius 3 is 3.00 bits per heavy atom. The monoisotopic (exact) mass is 220 g/mol. The fourth-order valence-corrected chi connectivity index (χ4v) is 1.33. The summed E-state index contributed by atoms with van der Waals surface area (Å²) < 4.78 is 0. The minimum absolute atomic E-state index is 0.509. The van der Waals surface area contributed by atoms with Crippen molar-refractivity contribution >= 4 is 5.96 Å². The second kappa shape index (κ2) is 6.82. The number of unbranched alkanes of at least 4 members (excludes halogenated alkanes) is 1. The van der Waals surface area contributed by atoms with E-state index in [9.17, 15) is 0 Å². The first-order valence-corrected chi connectivity index (χ1v) is 5.66. The average Bonchev–Trinajstić information content (AvgIpc) is 2.27. The van der Waals surface area contributed by atoms with Gasteiger partial charge in [-0.25, -0.2) is 4.99 Å². The summed E-state index contributed by atoms with van der Waals surface area (Å²) in [6.45, 7) is 5.63. The second-order valence-electron chi connectivity index (χ2n) is 3.85. The quantitative estimate of drug-likeness (QED) is 0.450. The molecule has 1 rings (SSSR count). The lowest BCUT2D eigenvalue weighted by Gasteiger charge is -2.04. The fraction of sp³-hybridized carbons (Fsp3) is 0.500. The number of hydrogen-bond donors (Lipinski definition) is 2. The van der Waals surface area contributed by atoms with E-state index in [1.54, 1.807) is 0 Å².